The second-order valence-corrected chi connectivity index (χ2v) is 4.88. The molecule has 0 saturated carbocycles. The fourth-order valence-corrected chi connectivity index (χ4v) is 2.27. The van der Waals surface area contributed by atoms with Gasteiger partial charge in [0.15, 0.2) is 5.82 Å². The maximum Gasteiger partial charge on any atom is 0.157 e. The first kappa shape index (κ1) is 14.6. The molecule has 0 fully saturated rings. The molecule has 114 valence electrons. The van der Waals surface area contributed by atoms with E-state index in [0.717, 1.165) is 10.9 Å². The van der Waals surface area contributed by atoms with E-state index in [1.807, 2.05) is 24.3 Å². The largest absolute Gasteiger partial charge is 0.545 e. The number of aromatic nitrogens is 2. The van der Waals surface area contributed by atoms with Crippen LogP contribution in [0.5, 0.6) is 0 Å². The van der Waals surface area contributed by atoms with Crippen LogP contribution < -0.4 is 10.5 Å². The molecule has 3 rings (SSSR count). The molecule has 0 amide bonds. The summed E-state index contributed by atoms with van der Waals surface area (Å²) < 4.78 is 0. The smallest absolute Gasteiger partial charge is 0.157 e. The highest BCUT2D eigenvalue weighted by atomic mass is 16.4. The van der Waals surface area contributed by atoms with Crippen molar-refractivity contribution in [2.45, 2.75) is 6.92 Å². The highest BCUT2D eigenvalue weighted by Crippen LogP contribution is 2.18. The number of para-hydroxylation sites is 1. The van der Waals surface area contributed by atoms with Gasteiger partial charge in [-0.3, -0.25) is 5.43 Å². The van der Waals surface area contributed by atoms with Crippen LogP contribution in [0.4, 0.5) is 5.82 Å². The Morgan fingerprint density at radius 1 is 1.04 bits per heavy atom. The number of carbonyl (C=O) groups is 1. The Hall–Kier alpha value is -3.28. The second-order valence-electron chi connectivity index (χ2n) is 4.88. The Balaban J connectivity index is 1.95. The molecule has 23 heavy (non-hydrogen) atoms. The lowest BCUT2D eigenvalue weighted by atomic mass is 10.0. The van der Waals surface area contributed by atoms with Gasteiger partial charge < -0.3 is 9.90 Å². The molecular weight excluding hydrogens is 292 g/mol. The number of carbonyl (C=O) groups excluding carboxylic acids is 1. The zero-order valence-electron chi connectivity index (χ0n) is 12.4. The van der Waals surface area contributed by atoms with E-state index in [1.165, 1.54) is 12.4 Å². The van der Waals surface area contributed by atoms with Gasteiger partial charge in [0, 0.05) is 16.5 Å². The van der Waals surface area contributed by atoms with E-state index in [2.05, 4.69) is 20.5 Å². The molecule has 2 aromatic carbocycles. The predicted molar refractivity (Wildman–Crippen MR) is 86.1 cm³/mol. The van der Waals surface area contributed by atoms with Crippen LogP contribution in [-0.2, 0) is 0 Å². The van der Waals surface area contributed by atoms with E-state index in [1.54, 1.807) is 25.1 Å². The number of nitrogens with zero attached hydrogens (tertiary/aromatic N) is 3. The summed E-state index contributed by atoms with van der Waals surface area (Å²) in [6, 6.07) is 14.1. The Bertz CT molecular complexity index is 900. The minimum Gasteiger partial charge on any atom is -0.545 e. The molecule has 1 aromatic heterocycles. The summed E-state index contributed by atoms with van der Waals surface area (Å²) in [7, 11) is 0. The summed E-state index contributed by atoms with van der Waals surface area (Å²) in [5.74, 6) is -0.677. The number of aromatic carboxylic acids is 1. The van der Waals surface area contributed by atoms with Crippen molar-refractivity contribution in [3.63, 3.8) is 0 Å². The molecule has 0 unspecified atom stereocenters. The standard InChI is InChI=1S/C17H14N4O2/c1-11(12-6-2-3-7-13(12)17(22)23)20-21-16-14-8-4-5-9-15(14)18-10-19-16/h2-10H,1H3,(H,22,23)(H,18,19,21)/p-1. The van der Waals surface area contributed by atoms with Crippen LogP contribution in [0.3, 0.4) is 0 Å². The molecule has 6 heteroatoms. The van der Waals surface area contributed by atoms with Crippen molar-refractivity contribution >= 4 is 28.4 Å². The van der Waals surface area contributed by atoms with Crippen LogP contribution in [-0.4, -0.2) is 21.6 Å². The minimum absolute atomic E-state index is 0.100. The molecule has 1 heterocycles. The maximum absolute atomic E-state index is 11.2. The van der Waals surface area contributed by atoms with Gasteiger partial charge in [-0.25, -0.2) is 9.97 Å². The Kier molecular flexibility index (Phi) is 3.97. The Morgan fingerprint density at radius 3 is 2.52 bits per heavy atom. The second kappa shape index (κ2) is 6.23. The minimum atomic E-state index is -1.23. The number of rotatable bonds is 4. The van der Waals surface area contributed by atoms with E-state index in [9.17, 15) is 9.90 Å². The van der Waals surface area contributed by atoms with Crippen LogP contribution in [0.15, 0.2) is 60.0 Å². The molecule has 0 bridgehead atoms. The summed E-state index contributed by atoms with van der Waals surface area (Å²) in [5, 5.41) is 16.2. The van der Waals surface area contributed by atoms with Crippen LogP contribution in [0, 0.1) is 0 Å². The van der Waals surface area contributed by atoms with Crippen LogP contribution >= 0.6 is 0 Å². The summed E-state index contributed by atoms with van der Waals surface area (Å²) in [6.45, 7) is 1.72. The number of nitrogens with one attached hydrogen (secondary N) is 1. The van der Waals surface area contributed by atoms with Crippen LogP contribution in [0.1, 0.15) is 22.8 Å². The van der Waals surface area contributed by atoms with Crippen molar-refractivity contribution in [2.75, 3.05) is 5.43 Å². The van der Waals surface area contributed by atoms with Crippen molar-refractivity contribution in [1.29, 1.82) is 0 Å². The van der Waals surface area contributed by atoms with E-state index < -0.39 is 5.97 Å². The molecule has 0 aliphatic rings. The first-order chi connectivity index (χ1) is 11.2. The van der Waals surface area contributed by atoms with E-state index in [-0.39, 0.29) is 5.56 Å². The molecule has 0 saturated heterocycles. The van der Waals surface area contributed by atoms with E-state index in [4.69, 9.17) is 0 Å². The Labute approximate surface area is 132 Å². The number of hydrogen-bond donors (Lipinski definition) is 1. The van der Waals surface area contributed by atoms with Gasteiger partial charge in [0.25, 0.3) is 0 Å². The number of hydrogen-bond acceptors (Lipinski definition) is 6. The Morgan fingerprint density at radius 2 is 1.74 bits per heavy atom. The summed E-state index contributed by atoms with van der Waals surface area (Å²) in [5.41, 5.74) is 4.79. The van der Waals surface area contributed by atoms with Crippen LogP contribution in [0.2, 0.25) is 0 Å². The highest BCUT2D eigenvalue weighted by molar-refractivity contribution is 6.07. The first-order valence-electron chi connectivity index (χ1n) is 6.97. The summed E-state index contributed by atoms with van der Waals surface area (Å²) >= 11 is 0. The fraction of sp³-hybridized carbons (Fsp3) is 0.0588. The van der Waals surface area contributed by atoms with E-state index in [0.29, 0.717) is 17.1 Å². The molecule has 3 aromatic rings. The third-order valence-electron chi connectivity index (χ3n) is 3.41. The zero-order chi connectivity index (χ0) is 16.2. The number of carboxylic acids is 1. The number of fused-ring (bicyclic) bond motifs is 1. The topological polar surface area (TPSA) is 90.3 Å². The van der Waals surface area contributed by atoms with Gasteiger partial charge in [-0.1, -0.05) is 36.4 Å². The normalized spacial score (nSPS) is 11.4. The van der Waals surface area contributed by atoms with Crippen molar-refractivity contribution in [3.8, 4) is 0 Å². The third kappa shape index (κ3) is 3.01. The van der Waals surface area contributed by atoms with Gasteiger partial charge in [-0.2, -0.15) is 5.10 Å². The quantitative estimate of drug-likeness (QED) is 0.586. The average Bonchev–Trinajstić information content (AvgIpc) is 2.59. The lowest BCUT2D eigenvalue weighted by Crippen LogP contribution is -2.24. The monoisotopic (exact) mass is 305 g/mol. The van der Waals surface area contributed by atoms with Crippen molar-refractivity contribution < 1.29 is 9.90 Å². The van der Waals surface area contributed by atoms with Crippen LogP contribution in [0.25, 0.3) is 10.9 Å². The number of hydrazone groups is 1. The SMILES string of the molecule is CC(=NNc1ncnc2ccccc12)c1ccccc1C(=O)[O-]. The molecule has 0 aliphatic carbocycles. The van der Waals surface area contributed by atoms with Crippen molar-refractivity contribution in [3.05, 3.63) is 66.0 Å². The van der Waals surface area contributed by atoms with Gasteiger partial charge in [-0.05, 0) is 19.1 Å². The third-order valence-corrected chi connectivity index (χ3v) is 3.41. The molecule has 0 aliphatic heterocycles. The molecule has 0 atom stereocenters. The molecule has 6 nitrogen and oxygen atoms in total. The van der Waals surface area contributed by atoms with Gasteiger partial charge in [0.1, 0.15) is 6.33 Å². The molecular formula is C17H13N4O2-. The lowest BCUT2D eigenvalue weighted by molar-refractivity contribution is -0.255. The predicted octanol–water partition coefficient (Wildman–Crippen LogP) is 1.83. The number of benzene rings is 2. The number of carboxylic acid groups (broad SMARTS) is 1. The van der Waals surface area contributed by atoms with Gasteiger partial charge in [0.05, 0.1) is 17.2 Å². The lowest BCUT2D eigenvalue weighted by Gasteiger charge is -2.10. The van der Waals surface area contributed by atoms with Gasteiger partial charge >= 0.3 is 0 Å². The van der Waals surface area contributed by atoms with Gasteiger partial charge in [-0.15, -0.1) is 0 Å². The van der Waals surface area contributed by atoms with E-state index >= 15 is 0 Å². The summed E-state index contributed by atoms with van der Waals surface area (Å²) in [4.78, 5) is 19.5. The maximum atomic E-state index is 11.2. The fourth-order valence-electron chi connectivity index (χ4n) is 2.27. The average molecular weight is 305 g/mol. The highest BCUT2D eigenvalue weighted by Gasteiger charge is 2.06. The van der Waals surface area contributed by atoms with Crippen molar-refractivity contribution in [1.82, 2.24) is 9.97 Å². The molecule has 1 N–H and O–H groups in total. The number of anilines is 1. The first-order valence-corrected chi connectivity index (χ1v) is 6.97. The molecule has 0 radical (unpaired) electrons. The van der Waals surface area contributed by atoms with Crippen molar-refractivity contribution in [2.24, 2.45) is 5.10 Å². The zero-order valence-corrected chi connectivity index (χ0v) is 12.4. The van der Waals surface area contributed by atoms with Gasteiger partial charge in [0.2, 0.25) is 0 Å². The summed E-state index contributed by atoms with van der Waals surface area (Å²) in [6.07, 6.45) is 1.45. The molecule has 0 spiro atoms.